The van der Waals surface area contributed by atoms with Crippen molar-refractivity contribution in [1.29, 1.82) is 0 Å². The molecule has 1 atom stereocenters. The molecular weight excluding hydrogens is 212 g/mol. The van der Waals surface area contributed by atoms with Gasteiger partial charge in [0.1, 0.15) is 11.6 Å². The van der Waals surface area contributed by atoms with Crippen LogP contribution < -0.4 is 16.8 Å². The molecule has 1 unspecified atom stereocenters. The lowest BCUT2D eigenvalue weighted by molar-refractivity contribution is 0.520. The van der Waals surface area contributed by atoms with Gasteiger partial charge in [-0.3, -0.25) is 0 Å². The smallest absolute Gasteiger partial charge is 0.149 e. The summed E-state index contributed by atoms with van der Waals surface area (Å²) < 4.78 is 0. The van der Waals surface area contributed by atoms with E-state index in [-0.39, 0.29) is 0 Å². The molecule has 0 aromatic carbocycles. The predicted octanol–water partition coefficient (Wildman–Crippen LogP) is 2.87. The van der Waals surface area contributed by atoms with Crippen molar-refractivity contribution in [1.82, 2.24) is 4.98 Å². The lowest BCUT2D eigenvalue weighted by Gasteiger charge is -2.15. The molecule has 0 saturated carbocycles. The fraction of sp³-hybridized carbons (Fsp3) is 0.615. The molecule has 1 aromatic rings. The van der Waals surface area contributed by atoms with Gasteiger partial charge in [-0.15, -0.1) is 0 Å². The molecule has 0 aliphatic carbocycles. The molecule has 1 heterocycles. The molecule has 0 radical (unpaired) electrons. The van der Waals surface area contributed by atoms with Crippen LogP contribution in [-0.4, -0.2) is 11.0 Å². The van der Waals surface area contributed by atoms with Crippen LogP contribution in [0.5, 0.6) is 0 Å². The van der Waals surface area contributed by atoms with E-state index < -0.39 is 0 Å². The van der Waals surface area contributed by atoms with Crippen LogP contribution in [-0.2, 0) is 0 Å². The molecule has 0 bridgehead atoms. The van der Waals surface area contributed by atoms with Gasteiger partial charge in [0.15, 0.2) is 0 Å². The minimum atomic E-state index is 0.393. The van der Waals surface area contributed by atoms with Gasteiger partial charge < -0.3 is 16.8 Å². The largest absolute Gasteiger partial charge is 0.396 e. The fourth-order valence-corrected chi connectivity index (χ4v) is 1.72. The molecule has 0 amide bonds. The summed E-state index contributed by atoms with van der Waals surface area (Å²) >= 11 is 0. The predicted molar refractivity (Wildman–Crippen MR) is 74.8 cm³/mol. The topological polar surface area (TPSA) is 77.0 Å². The Balaban J connectivity index is 2.39. The van der Waals surface area contributed by atoms with E-state index >= 15 is 0 Å². The number of hydrogen-bond donors (Lipinski definition) is 3. The summed E-state index contributed by atoms with van der Waals surface area (Å²) in [5, 5.41) is 3.34. The Morgan fingerprint density at radius 3 is 2.47 bits per heavy atom. The van der Waals surface area contributed by atoms with Crippen molar-refractivity contribution < 1.29 is 0 Å². The van der Waals surface area contributed by atoms with Crippen molar-refractivity contribution in [2.24, 2.45) is 5.92 Å². The highest BCUT2D eigenvalue weighted by molar-refractivity contribution is 5.61. The number of nitrogen functional groups attached to an aromatic ring is 2. The first-order chi connectivity index (χ1) is 7.99. The first kappa shape index (κ1) is 13.6. The normalized spacial score (nSPS) is 12.7. The Hall–Kier alpha value is -1.45. The maximum atomic E-state index is 5.66. The lowest BCUT2D eigenvalue weighted by Crippen LogP contribution is -2.16. The zero-order chi connectivity index (χ0) is 12.8. The molecule has 0 aliphatic heterocycles. The van der Waals surface area contributed by atoms with Crippen LogP contribution in [0.4, 0.5) is 17.3 Å². The third kappa shape index (κ3) is 4.93. The van der Waals surface area contributed by atoms with Crippen molar-refractivity contribution in [3.63, 3.8) is 0 Å². The zero-order valence-electron chi connectivity index (χ0n) is 11.0. The van der Waals surface area contributed by atoms with Gasteiger partial charge in [0.2, 0.25) is 0 Å². The van der Waals surface area contributed by atoms with E-state index in [2.05, 4.69) is 31.1 Å². The number of nitrogens with one attached hydrogen (secondary N) is 1. The van der Waals surface area contributed by atoms with Crippen molar-refractivity contribution in [3.05, 3.63) is 12.1 Å². The lowest BCUT2D eigenvalue weighted by atomic mass is 10.0. The van der Waals surface area contributed by atoms with Gasteiger partial charge in [-0.25, -0.2) is 4.98 Å². The average Bonchev–Trinajstić information content (AvgIpc) is 2.23. The van der Waals surface area contributed by atoms with E-state index in [0.29, 0.717) is 17.5 Å². The molecule has 1 rings (SSSR count). The minimum absolute atomic E-state index is 0.393. The second-order valence-electron chi connectivity index (χ2n) is 5.04. The summed E-state index contributed by atoms with van der Waals surface area (Å²) in [6, 6.07) is 4.06. The molecule has 96 valence electrons. The van der Waals surface area contributed by atoms with Crippen molar-refractivity contribution in [2.45, 2.75) is 46.1 Å². The number of nitrogens with zero attached hydrogens (tertiary/aromatic N) is 1. The van der Waals surface area contributed by atoms with Gasteiger partial charge in [-0.05, 0) is 31.4 Å². The first-order valence-electron chi connectivity index (χ1n) is 6.27. The molecule has 0 saturated heterocycles. The van der Waals surface area contributed by atoms with Gasteiger partial charge in [0, 0.05) is 6.04 Å². The molecular formula is C13H24N4. The van der Waals surface area contributed by atoms with Gasteiger partial charge in [0.25, 0.3) is 0 Å². The number of rotatable bonds is 6. The van der Waals surface area contributed by atoms with Crippen molar-refractivity contribution in [3.8, 4) is 0 Å². The van der Waals surface area contributed by atoms with E-state index in [1.807, 2.05) is 6.07 Å². The third-order valence-electron chi connectivity index (χ3n) is 2.77. The molecule has 0 aliphatic rings. The third-order valence-corrected chi connectivity index (χ3v) is 2.77. The van der Waals surface area contributed by atoms with Crippen molar-refractivity contribution in [2.75, 3.05) is 16.8 Å². The van der Waals surface area contributed by atoms with Gasteiger partial charge >= 0.3 is 0 Å². The van der Waals surface area contributed by atoms with E-state index in [4.69, 9.17) is 11.5 Å². The highest BCUT2D eigenvalue weighted by Crippen LogP contribution is 2.16. The Morgan fingerprint density at radius 1 is 1.18 bits per heavy atom. The molecule has 5 N–H and O–H groups in total. The average molecular weight is 236 g/mol. The van der Waals surface area contributed by atoms with E-state index in [1.54, 1.807) is 6.07 Å². The summed E-state index contributed by atoms with van der Waals surface area (Å²) in [5.74, 6) is 1.96. The monoisotopic (exact) mass is 236 g/mol. The van der Waals surface area contributed by atoms with Crippen molar-refractivity contribution >= 4 is 17.3 Å². The number of aromatic nitrogens is 1. The first-order valence-corrected chi connectivity index (χ1v) is 6.27. The molecule has 17 heavy (non-hydrogen) atoms. The van der Waals surface area contributed by atoms with Crippen LogP contribution in [0.3, 0.4) is 0 Å². The van der Waals surface area contributed by atoms with Crippen LogP contribution in [0.15, 0.2) is 12.1 Å². The summed E-state index contributed by atoms with van der Waals surface area (Å²) in [6.07, 6.45) is 3.64. The Bertz CT molecular complexity index is 349. The highest BCUT2D eigenvalue weighted by Gasteiger charge is 2.05. The number of nitrogens with two attached hydrogens (primary N) is 2. The van der Waals surface area contributed by atoms with E-state index in [1.165, 1.54) is 12.8 Å². The molecule has 0 spiro atoms. The quantitative estimate of drug-likeness (QED) is 0.709. The zero-order valence-corrected chi connectivity index (χ0v) is 11.0. The molecule has 0 fully saturated rings. The van der Waals surface area contributed by atoms with E-state index in [0.717, 1.165) is 18.2 Å². The summed E-state index contributed by atoms with van der Waals surface area (Å²) in [4.78, 5) is 4.20. The minimum Gasteiger partial charge on any atom is -0.396 e. The summed E-state index contributed by atoms with van der Waals surface area (Å²) in [6.45, 7) is 6.66. The van der Waals surface area contributed by atoms with Crippen LogP contribution in [0.2, 0.25) is 0 Å². The number of anilines is 3. The second kappa shape index (κ2) is 6.33. The fourth-order valence-electron chi connectivity index (χ4n) is 1.72. The van der Waals surface area contributed by atoms with Crippen LogP contribution >= 0.6 is 0 Å². The molecule has 4 heteroatoms. The number of pyridine rings is 1. The molecule has 1 aromatic heterocycles. The second-order valence-corrected chi connectivity index (χ2v) is 5.04. The van der Waals surface area contributed by atoms with Gasteiger partial charge in [-0.1, -0.05) is 26.7 Å². The Morgan fingerprint density at radius 2 is 1.88 bits per heavy atom. The van der Waals surface area contributed by atoms with Gasteiger partial charge in [-0.2, -0.15) is 0 Å². The standard InChI is InChI=1S/C13H24N4/c1-9(2)5-4-6-10(3)16-12-8-7-11(14)13(15)17-12/h7-10H,4-6,14H2,1-3H3,(H3,15,16,17). The Labute approximate surface area is 104 Å². The molecule has 4 nitrogen and oxygen atoms in total. The highest BCUT2D eigenvalue weighted by atomic mass is 15.0. The SMILES string of the molecule is CC(C)CCCC(C)Nc1ccc(N)c(N)n1. The number of hydrogen-bond acceptors (Lipinski definition) is 4. The maximum absolute atomic E-state index is 5.66. The van der Waals surface area contributed by atoms with Crippen LogP contribution in [0.1, 0.15) is 40.0 Å². The van der Waals surface area contributed by atoms with Crippen LogP contribution in [0, 0.1) is 5.92 Å². The summed E-state index contributed by atoms with van der Waals surface area (Å²) in [5.41, 5.74) is 11.8. The van der Waals surface area contributed by atoms with Gasteiger partial charge in [0.05, 0.1) is 5.69 Å². The maximum Gasteiger partial charge on any atom is 0.149 e. The summed E-state index contributed by atoms with van der Waals surface area (Å²) in [7, 11) is 0. The van der Waals surface area contributed by atoms with Crippen LogP contribution in [0.25, 0.3) is 0 Å². The van der Waals surface area contributed by atoms with E-state index in [9.17, 15) is 0 Å². The Kier molecular flexibility index (Phi) is 5.07.